The highest BCUT2D eigenvalue weighted by Gasteiger charge is 2.19. The van der Waals surface area contributed by atoms with Crippen molar-refractivity contribution in [2.24, 2.45) is 0 Å². The molecule has 5 nitrogen and oxygen atoms in total. The molecular formula is C14H18N2O3S. The van der Waals surface area contributed by atoms with E-state index in [9.17, 15) is 8.42 Å². The molecule has 0 radical (unpaired) electrons. The predicted octanol–water partition coefficient (Wildman–Crippen LogP) is 2.86. The van der Waals surface area contributed by atoms with Gasteiger partial charge in [0.25, 0.3) is 0 Å². The third-order valence-electron chi connectivity index (χ3n) is 3.48. The van der Waals surface area contributed by atoms with Crippen molar-refractivity contribution in [1.82, 2.24) is 4.72 Å². The molecule has 0 saturated heterocycles. The maximum atomic E-state index is 11.7. The van der Waals surface area contributed by atoms with E-state index < -0.39 is 10.0 Å². The number of benzene rings is 1. The maximum Gasteiger partial charge on any atom is 0.239 e. The molecule has 108 valence electrons. The van der Waals surface area contributed by atoms with E-state index in [2.05, 4.69) is 9.57 Å². The summed E-state index contributed by atoms with van der Waals surface area (Å²) in [5.41, 5.74) is 0.242. The Balaban J connectivity index is 2.24. The first-order chi connectivity index (χ1) is 9.56. The number of hydrogen-bond acceptors (Lipinski definition) is 3. The molecular weight excluding hydrogens is 276 g/mol. The van der Waals surface area contributed by atoms with E-state index in [4.69, 9.17) is 11.3 Å². The van der Waals surface area contributed by atoms with Crippen molar-refractivity contribution in [2.45, 2.75) is 43.1 Å². The first-order valence-corrected chi connectivity index (χ1v) is 8.17. The van der Waals surface area contributed by atoms with Gasteiger partial charge in [-0.25, -0.2) is 18.0 Å². The monoisotopic (exact) mass is 294 g/mol. The van der Waals surface area contributed by atoms with E-state index >= 15 is 0 Å². The molecule has 0 bridgehead atoms. The van der Waals surface area contributed by atoms with Crippen molar-refractivity contribution in [3.05, 3.63) is 29.6 Å². The average molecular weight is 294 g/mol. The molecule has 0 amide bonds. The minimum atomic E-state index is -3.53. The lowest BCUT2D eigenvalue weighted by molar-refractivity contribution is 0.156. The second kappa shape index (κ2) is 6.25. The lowest BCUT2D eigenvalue weighted by atomic mass is 9.98. The summed E-state index contributed by atoms with van der Waals surface area (Å²) in [6.07, 6.45) is 5.64. The average Bonchev–Trinajstić information content (AvgIpc) is 2.48. The highest BCUT2D eigenvalue weighted by molar-refractivity contribution is 7.89. The van der Waals surface area contributed by atoms with Crippen molar-refractivity contribution in [2.75, 3.05) is 7.05 Å². The van der Waals surface area contributed by atoms with Gasteiger partial charge >= 0.3 is 0 Å². The molecule has 0 unspecified atom stereocenters. The lowest BCUT2D eigenvalue weighted by Gasteiger charge is -2.23. The summed E-state index contributed by atoms with van der Waals surface area (Å²) in [7, 11) is -2.18. The van der Waals surface area contributed by atoms with Crippen LogP contribution in [0.3, 0.4) is 0 Å². The minimum Gasteiger partial charge on any atom is -0.501 e. The molecule has 0 spiro atoms. The third kappa shape index (κ3) is 3.30. The Bertz CT molecular complexity index is 614. The summed E-state index contributed by atoms with van der Waals surface area (Å²) in [5.74, 6) is 0.474. The summed E-state index contributed by atoms with van der Waals surface area (Å²) >= 11 is 0. The minimum absolute atomic E-state index is 0.0852. The van der Waals surface area contributed by atoms with Crippen LogP contribution in [0, 0.1) is 6.57 Å². The normalized spacial score (nSPS) is 16.6. The van der Waals surface area contributed by atoms with Crippen LogP contribution < -0.4 is 9.46 Å². The van der Waals surface area contributed by atoms with Gasteiger partial charge < -0.3 is 4.74 Å². The number of nitrogens with one attached hydrogen (secondary N) is 1. The fraction of sp³-hybridized carbons (Fsp3) is 0.500. The number of rotatable bonds is 4. The van der Waals surface area contributed by atoms with E-state index in [1.807, 2.05) is 0 Å². The molecule has 1 aromatic rings. The molecule has 1 saturated carbocycles. The Kier molecular flexibility index (Phi) is 4.63. The molecule has 0 atom stereocenters. The zero-order valence-electron chi connectivity index (χ0n) is 11.4. The summed E-state index contributed by atoms with van der Waals surface area (Å²) in [4.78, 5) is 3.46. The fourth-order valence-electron chi connectivity index (χ4n) is 2.33. The first kappa shape index (κ1) is 14.8. The zero-order valence-corrected chi connectivity index (χ0v) is 12.2. The third-order valence-corrected chi connectivity index (χ3v) is 4.89. The Morgan fingerprint density at radius 3 is 2.60 bits per heavy atom. The van der Waals surface area contributed by atoms with Crippen LogP contribution in [-0.2, 0) is 10.0 Å². The summed E-state index contributed by atoms with van der Waals surface area (Å²) in [5, 5.41) is 0. The molecule has 6 heteroatoms. The Morgan fingerprint density at radius 2 is 2.00 bits per heavy atom. The number of sulfonamides is 1. The lowest BCUT2D eigenvalue weighted by Crippen LogP contribution is -2.20. The van der Waals surface area contributed by atoms with Crippen molar-refractivity contribution in [3.63, 3.8) is 0 Å². The smallest absolute Gasteiger partial charge is 0.239 e. The Hall–Kier alpha value is -1.58. The second-order valence-electron chi connectivity index (χ2n) is 4.83. The first-order valence-electron chi connectivity index (χ1n) is 6.68. The summed E-state index contributed by atoms with van der Waals surface area (Å²) < 4.78 is 31.5. The van der Waals surface area contributed by atoms with E-state index in [1.165, 1.54) is 25.6 Å². The van der Waals surface area contributed by atoms with Crippen molar-refractivity contribution in [3.8, 4) is 5.75 Å². The standard InChI is InChI=1S/C14H18N2O3S/c1-15-13-10-12(20(17,18)16-2)8-9-14(13)19-11-6-4-3-5-7-11/h8-11,16H,3-7H2,2H3. The van der Waals surface area contributed by atoms with E-state index in [0.717, 1.165) is 25.7 Å². The molecule has 0 aromatic heterocycles. The molecule has 20 heavy (non-hydrogen) atoms. The van der Waals surface area contributed by atoms with Gasteiger partial charge in [-0.3, -0.25) is 0 Å². The van der Waals surface area contributed by atoms with Gasteiger partial charge in [0.2, 0.25) is 15.7 Å². The van der Waals surface area contributed by atoms with Crippen LogP contribution in [0.1, 0.15) is 32.1 Å². The molecule has 1 fully saturated rings. The zero-order chi connectivity index (χ0) is 14.6. The molecule has 1 N–H and O–H groups in total. The molecule has 1 aliphatic carbocycles. The van der Waals surface area contributed by atoms with Crippen LogP contribution in [0.15, 0.2) is 23.1 Å². The topological polar surface area (TPSA) is 59.8 Å². The molecule has 1 aliphatic rings. The van der Waals surface area contributed by atoms with Gasteiger partial charge in [-0.05, 0) is 50.9 Å². The van der Waals surface area contributed by atoms with E-state index in [-0.39, 0.29) is 16.7 Å². The SMILES string of the molecule is [C-]#[N+]c1cc(S(=O)(=O)NC)ccc1OC1CCCCC1. The van der Waals surface area contributed by atoms with Gasteiger partial charge in [0, 0.05) is 0 Å². The summed E-state index contributed by atoms with van der Waals surface area (Å²) in [6, 6.07) is 4.40. The van der Waals surface area contributed by atoms with E-state index in [0.29, 0.717) is 5.75 Å². The molecule has 0 aliphatic heterocycles. The van der Waals surface area contributed by atoms with Crippen LogP contribution in [0.25, 0.3) is 4.85 Å². The largest absolute Gasteiger partial charge is 0.501 e. The van der Waals surface area contributed by atoms with Gasteiger partial charge in [0.1, 0.15) is 5.75 Å². The number of hydrogen-bond donors (Lipinski definition) is 1. The van der Waals surface area contributed by atoms with Crippen molar-refractivity contribution in [1.29, 1.82) is 0 Å². The molecule has 2 rings (SSSR count). The van der Waals surface area contributed by atoms with Gasteiger partial charge in [-0.1, -0.05) is 6.42 Å². The van der Waals surface area contributed by atoms with Gasteiger partial charge in [-0.2, -0.15) is 0 Å². The highest BCUT2D eigenvalue weighted by atomic mass is 32.2. The van der Waals surface area contributed by atoms with Crippen LogP contribution in [-0.4, -0.2) is 21.6 Å². The van der Waals surface area contributed by atoms with Crippen LogP contribution >= 0.6 is 0 Å². The molecule has 1 aromatic carbocycles. The van der Waals surface area contributed by atoms with Gasteiger partial charge in [0.05, 0.1) is 17.6 Å². The predicted molar refractivity (Wildman–Crippen MR) is 76.5 cm³/mol. The number of nitrogens with zero attached hydrogens (tertiary/aromatic N) is 1. The van der Waals surface area contributed by atoms with Gasteiger partial charge in [-0.15, -0.1) is 0 Å². The fourth-order valence-corrected chi connectivity index (χ4v) is 3.08. The van der Waals surface area contributed by atoms with Crippen LogP contribution in [0.4, 0.5) is 5.69 Å². The Morgan fingerprint density at radius 1 is 1.30 bits per heavy atom. The van der Waals surface area contributed by atoms with Gasteiger partial charge in [0.15, 0.2) is 0 Å². The van der Waals surface area contributed by atoms with Crippen molar-refractivity contribution >= 4 is 15.7 Å². The Labute approximate surface area is 119 Å². The van der Waals surface area contributed by atoms with Crippen molar-refractivity contribution < 1.29 is 13.2 Å². The highest BCUT2D eigenvalue weighted by Crippen LogP contribution is 2.33. The quantitative estimate of drug-likeness (QED) is 0.869. The maximum absolute atomic E-state index is 11.7. The van der Waals surface area contributed by atoms with Crippen LogP contribution in [0.2, 0.25) is 0 Å². The van der Waals surface area contributed by atoms with Crippen LogP contribution in [0.5, 0.6) is 5.75 Å². The number of ether oxygens (including phenoxy) is 1. The van der Waals surface area contributed by atoms with E-state index in [1.54, 1.807) is 6.07 Å². The second-order valence-corrected chi connectivity index (χ2v) is 6.71. The summed E-state index contributed by atoms with van der Waals surface area (Å²) in [6.45, 7) is 7.19. The molecule has 0 heterocycles.